The minimum absolute atomic E-state index is 0.347. The van der Waals surface area contributed by atoms with Crippen LogP contribution < -0.4 is 14.8 Å². The molecule has 2 aliphatic heterocycles. The lowest BCUT2D eigenvalue weighted by molar-refractivity contribution is 0.174. The Balaban J connectivity index is 1.57. The fourth-order valence-electron chi connectivity index (χ4n) is 2.71. The molecule has 0 spiro atoms. The zero-order chi connectivity index (χ0) is 13.3. The van der Waals surface area contributed by atoms with Crippen molar-refractivity contribution in [1.82, 2.24) is 5.32 Å². The van der Waals surface area contributed by atoms with Crippen LogP contribution in [0.1, 0.15) is 25.8 Å². The predicted molar refractivity (Wildman–Crippen MR) is 78.9 cm³/mol. The number of rotatable bonds is 3. The number of fused-ring (bicyclic) bond motifs is 1. The van der Waals surface area contributed by atoms with E-state index in [1.165, 1.54) is 23.5 Å². The first-order valence-electron chi connectivity index (χ1n) is 6.82. The Kier molecular flexibility index (Phi) is 3.63. The first-order chi connectivity index (χ1) is 9.12. The van der Waals surface area contributed by atoms with Gasteiger partial charge in [0.05, 0.1) is 0 Å². The molecule has 0 saturated carbocycles. The van der Waals surface area contributed by atoms with Gasteiger partial charge in [0, 0.05) is 18.3 Å². The first kappa shape index (κ1) is 13.1. The third-order valence-corrected chi connectivity index (χ3v) is 5.27. The van der Waals surface area contributed by atoms with Crippen molar-refractivity contribution in [3.05, 3.63) is 23.8 Å². The van der Waals surface area contributed by atoms with Crippen LogP contribution in [0.4, 0.5) is 0 Å². The van der Waals surface area contributed by atoms with E-state index < -0.39 is 0 Å². The molecule has 4 heteroatoms. The number of benzene rings is 1. The Bertz CT molecular complexity index is 461. The van der Waals surface area contributed by atoms with Gasteiger partial charge in [0.2, 0.25) is 6.79 Å². The highest BCUT2D eigenvalue weighted by atomic mass is 32.2. The van der Waals surface area contributed by atoms with Crippen molar-refractivity contribution >= 4 is 11.8 Å². The van der Waals surface area contributed by atoms with Crippen LogP contribution in [0, 0.1) is 5.41 Å². The molecule has 0 amide bonds. The molecule has 104 valence electrons. The van der Waals surface area contributed by atoms with Gasteiger partial charge < -0.3 is 14.8 Å². The van der Waals surface area contributed by atoms with Crippen LogP contribution in [0.25, 0.3) is 0 Å². The average Bonchev–Trinajstić information content (AvgIpc) is 2.82. The van der Waals surface area contributed by atoms with Crippen molar-refractivity contribution in [2.75, 3.05) is 18.3 Å². The van der Waals surface area contributed by atoms with E-state index in [2.05, 4.69) is 43.1 Å². The highest BCUT2D eigenvalue weighted by Crippen LogP contribution is 2.34. The molecule has 1 unspecified atom stereocenters. The lowest BCUT2D eigenvalue weighted by Crippen LogP contribution is -2.39. The van der Waals surface area contributed by atoms with Gasteiger partial charge in [-0.2, -0.15) is 11.8 Å². The van der Waals surface area contributed by atoms with Gasteiger partial charge in [-0.15, -0.1) is 0 Å². The maximum Gasteiger partial charge on any atom is 0.231 e. The van der Waals surface area contributed by atoms with E-state index in [9.17, 15) is 0 Å². The zero-order valence-corrected chi connectivity index (χ0v) is 12.4. The molecule has 1 aromatic carbocycles. The maximum absolute atomic E-state index is 5.41. The van der Waals surface area contributed by atoms with Crippen LogP contribution >= 0.6 is 11.8 Å². The van der Waals surface area contributed by atoms with Gasteiger partial charge in [-0.1, -0.05) is 19.9 Å². The minimum Gasteiger partial charge on any atom is -0.454 e. The SMILES string of the molecule is CC1(C)CSCC(NCc2ccc3c(c2)OCO3)C1. The molecule has 0 aromatic heterocycles. The highest BCUT2D eigenvalue weighted by molar-refractivity contribution is 7.99. The lowest BCUT2D eigenvalue weighted by Gasteiger charge is -2.35. The fourth-order valence-corrected chi connectivity index (χ4v) is 4.02. The molecule has 3 rings (SSSR count). The molecular formula is C15H21NO2S. The van der Waals surface area contributed by atoms with E-state index >= 15 is 0 Å². The van der Waals surface area contributed by atoms with Gasteiger partial charge in [-0.05, 0) is 35.3 Å². The van der Waals surface area contributed by atoms with E-state index in [0.29, 0.717) is 18.2 Å². The van der Waals surface area contributed by atoms with Crippen molar-refractivity contribution in [2.45, 2.75) is 32.9 Å². The van der Waals surface area contributed by atoms with E-state index in [1.807, 2.05) is 6.07 Å². The highest BCUT2D eigenvalue weighted by Gasteiger charge is 2.28. The van der Waals surface area contributed by atoms with Crippen LogP contribution in [0.2, 0.25) is 0 Å². The van der Waals surface area contributed by atoms with Crippen molar-refractivity contribution in [3.63, 3.8) is 0 Å². The summed E-state index contributed by atoms with van der Waals surface area (Å²) in [5, 5.41) is 3.67. The number of thioether (sulfide) groups is 1. The number of hydrogen-bond acceptors (Lipinski definition) is 4. The Hall–Kier alpha value is -0.870. The monoisotopic (exact) mass is 279 g/mol. The first-order valence-corrected chi connectivity index (χ1v) is 7.98. The molecule has 1 saturated heterocycles. The Morgan fingerprint density at radius 2 is 2.16 bits per heavy atom. The zero-order valence-electron chi connectivity index (χ0n) is 11.6. The Morgan fingerprint density at radius 1 is 1.32 bits per heavy atom. The second kappa shape index (κ2) is 5.25. The number of ether oxygens (including phenoxy) is 2. The van der Waals surface area contributed by atoms with Crippen molar-refractivity contribution in [1.29, 1.82) is 0 Å². The normalized spacial score (nSPS) is 24.4. The smallest absolute Gasteiger partial charge is 0.231 e. The molecule has 0 radical (unpaired) electrons. The van der Waals surface area contributed by atoms with Crippen molar-refractivity contribution < 1.29 is 9.47 Å². The number of hydrogen-bond donors (Lipinski definition) is 1. The van der Waals surface area contributed by atoms with Gasteiger partial charge in [-0.25, -0.2) is 0 Å². The van der Waals surface area contributed by atoms with E-state index in [-0.39, 0.29) is 0 Å². The summed E-state index contributed by atoms with van der Waals surface area (Å²) < 4.78 is 10.7. The maximum atomic E-state index is 5.41. The average molecular weight is 279 g/mol. The third-order valence-electron chi connectivity index (χ3n) is 3.64. The Morgan fingerprint density at radius 3 is 3.00 bits per heavy atom. The van der Waals surface area contributed by atoms with Gasteiger partial charge >= 0.3 is 0 Å². The van der Waals surface area contributed by atoms with E-state index in [0.717, 1.165) is 18.0 Å². The van der Waals surface area contributed by atoms with Gasteiger partial charge in [0.1, 0.15) is 0 Å². The van der Waals surface area contributed by atoms with Gasteiger partial charge in [0.15, 0.2) is 11.5 Å². The Labute approximate surface area is 119 Å². The summed E-state index contributed by atoms with van der Waals surface area (Å²) in [6.07, 6.45) is 1.25. The largest absolute Gasteiger partial charge is 0.454 e. The molecule has 1 N–H and O–H groups in total. The summed E-state index contributed by atoms with van der Waals surface area (Å²) >= 11 is 2.06. The van der Waals surface area contributed by atoms with Crippen LogP contribution in [-0.4, -0.2) is 24.3 Å². The fraction of sp³-hybridized carbons (Fsp3) is 0.600. The summed E-state index contributed by atoms with van der Waals surface area (Å²) in [5.41, 5.74) is 1.72. The molecule has 1 atom stereocenters. The molecule has 1 fully saturated rings. The van der Waals surface area contributed by atoms with Crippen LogP contribution in [-0.2, 0) is 6.54 Å². The van der Waals surface area contributed by atoms with Crippen LogP contribution in [0.5, 0.6) is 11.5 Å². The molecule has 2 aliphatic rings. The summed E-state index contributed by atoms with van der Waals surface area (Å²) in [7, 11) is 0. The summed E-state index contributed by atoms with van der Waals surface area (Å²) in [4.78, 5) is 0. The van der Waals surface area contributed by atoms with Crippen molar-refractivity contribution in [2.24, 2.45) is 5.41 Å². The topological polar surface area (TPSA) is 30.5 Å². The quantitative estimate of drug-likeness (QED) is 0.921. The standard InChI is InChI=1S/C15H21NO2S/c1-15(2)6-12(8-19-9-15)16-7-11-3-4-13-14(5-11)18-10-17-13/h3-5,12,16H,6-10H2,1-2H3. The lowest BCUT2D eigenvalue weighted by atomic mass is 9.88. The minimum atomic E-state index is 0.347. The molecular weight excluding hydrogens is 258 g/mol. The van der Waals surface area contributed by atoms with Crippen molar-refractivity contribution in [3.8, 4) is 11.5 Å². The molecule has 0 aliphatic carbocycles. The third kappa shape index (κ3) is 3.18. The van der Waals surface area contributed by atoms with E-state index in [4.69, 9.17) is 9.47 Å². The molecule has 2 heterocycles. The van der Waals surface area contributed by atoms with E-state index in [1.54, 1.807) is 0 Å². The molecule has 19 heavy (non-hydrogen) atoms. The van der Waals surface area contributed by atoms with Gasteiger partial charge in [-0.3, -0.25) is 0 Å². The predicted octanol–water partition coefficient (Wildman–Crippen LogP) is 3.04. The summed E-state index contributed by atoms with van der Waals surface area (Å²) in [5.74, 6) is 4.22. The summed E-state index contributed by atoms with van der Waals surface area (Å²) in [6, 6.07) is 6.80. The number of nitrogens with one attached hydrogen (secondary N) is 1. The molecule has 0 bridgehead atoms. The van der Waals surface area contributed by atoms with Crippen LogP contribution in [0.3, 0.4) is 0 Å². The van der Waals surface area contributed by atoms with Crippen LogP contribution in [0.15, 0.2) is 18.2 Å². The second-order valence-corrected chi connectivity index (χ2v) is 7.18. The molecule has 1 aromatic rings. The second-order valence-electron chi connectivity index (χ2n) is 6.15. The molecule has 3 nitrogen and oxygen atoms in total. The van der Waals surface area contributed by atoms with Gasteiger partial charge in [0.25, 0.3) is 0 Å². The summed E-state index contributed by atoms with van der Waals surface area (Å²) in [6.45, 7) is 5.96.